The molecule has 1 aromatic rings. The van der Waals surface area contributed by atoms with E-state index < -0.39 is 11.6 Å². The fraction of sp³-hybridized carbons (Fsp3) is 0.857. The molecule has 0 saturated heterocycles. The van der Waals surface area contributed by atoms with Crippen LogP contribution in [0.15, 0.2) is 10.6 Å². The maximum Gasteiger partial charge on any atom is 0.375 e. The Kier molecular flexibility index (Phi) is 6.16. The van der Waals surface area contributed by atoms with Crippen LogP contribution in [-0.2, 0) is 11.2 Å². The number of ether oxygens (including phenoxy) is 1. The summed E-state index contributed by atoms with van der Waals surface area (Å²) in [5.74, 6) is 5.83. The first-order valence-electron chi connectivity index (χ1n) is 13.6. The number of esters is 1. The Morgan fingerprint density at radius 1 is 1.15 bits per heavy atom. The van der Waals surface area contributed by atoms with Gasteiger partial charge in [-0.15, -0.1) is 0 Å². The molecule has 4 fully saturated rings. The second kappa shape index (κ2) is 8.70. The Bertz CT molecular complexity index is 862. The maximum atomic E-state index is 11.9. The van der Waals surface area contributed by atoms with Crippen molar-refractivity contribution in [2.75, 3.05) is 6.61 Å². The molecule has 5 nitrogen and oxygen atoms in total. The van der Waals surface area contributed by atoms with E-state index in [4.69, 9.17) is 9.15 Å². The highest BCUT2D eigenvalue weighted by molar-refractivity contribution is 5.85. The molecule has 4 aliphatic rings. The molecule has 1 heterocycles. The highest BCUT2D eigenvalue weighted by Crippen LogP contribution is 2.65. The number of hydrogen-bond donors (Lipinski definition) is 1. The molecule has 5 rings (SSSR count). The second-order valence-corrected chi connectivity index (χ2v) is 12.4. The van der Waals surface area contributed by atoms with Gasteiger partial charge in [0, 0.05) is 6.42 Å². The lowest BCUT2D eigenvalue weighted by molar-refractivity contribution is -0.102. The molecular weight excluding hydrogens is 414 g/mol. The van der Waals surface area contributed by atoms with Crippen molar-refractivity contribution < 1.29 is 19.1 Å². The van der Waals surface area contributed by atoms with Gasteiger partial charge >= 0.3 is 5.97 Å². The first kappa shape index (κ1) is 23.4. The average molecular weight is 458 g/mol. The van der Waals surface area contributed by atoms with Gasteiger partial charge in [-0.25, -0.2) is 9.78 Å². The number of aliphatic hydroxyl groups is 1. The number of fused-ring (bicyclic) bond motifs is 5. The van der Waals surface area contributed by atoms with Crippen LogP contribution in [0, 0.1) is 46.8 Å². The minimum atomic E-state index is -0.432. The number of oxazole rings is 1. The average Bonchev–Trinajstić information content (AvgIpc) is 3.37. The lowest BCUT2D eigenvalue weighted by Gasteiger charge is -2.57. The predicted octanol–water partition coefficient (Wildman–Crippen LogP) is 6.05. The van der Waals surface area contributed by atoms with E-state index in [1.165, 1.54) is 51.1 Å². The molecule has 0 bridgehead atoms. The molecule has 0 radical (unpaired) electrons. The quantitative estimate of drug-likeness (QED) is 0.545. The van der Waals surface area contributed by atoms with Crippen LogP contribution >= 0.6 is 0 Å². The standard InChI is InChI=1S/C28H43NO4/c1-5-32-26(30)24-16-29-25(33-24)14-17(2)22-8-9-23-21-7-6-18-15-27(3,31)12-10-19(18)20(21)11-13-28(22,23)4/h16-23,31H,5-15H2,1-4H3/t17-,18-,19+,20-,21-,22-,23+,27-,28-/m1/s1. The van der Waals surface area contributed by atoms with E-state index in [2.05, 4.69) is 25.8 Å². The van der Waals surface area contributed by atoms with Crippen LogP contribution in [0.3, 0.4) is 0 Å². The van der Waals surface area contributed by atoms with E-state index in [1.54, 1.807) is 6.92 Å². The van der Waals surface area contributed by atoms with E-state index in [0.29, 0.717) is 29.7 Å². The zero-order valence-electron chi connectivity index (χ0n) is 21.0. The van der Waals surface area contributed by atoms with Crippen molar-refractivity contribution in [3.8, 4) is 0 Å². The summed E-state index contributed by atoms with van der Waals surface area (Å²) in [4.78, 5) is 16.3. The molecule has 4 saturated carbocycles. The van der Waals surface area contributed by atoms with Crippen molar-refractivity contribution in [3.63, 3.8) is 0 Å². The van der Waals surface area contributed by atoms with Gasteiger partial charge in [-0.05, 0) is 118 Å². The fourth-order valence-electron chi connectivity index (χ4n) is 9.18. The monoisotopic (exact) mass is 457 g/mol. The molecule has 0 aliphatic heterocycles. The molecular formula is C28H43NO4. The minimum absolute atomic E-state index is 0.221. The number of carbonyl (C=O) groups excluding carboxylic acids is 1. The first-order valence-corrected chi connectivity index (χ1v) is 13.6. The van der Waals surface area contributed by atoms with Gasteiger partial charge in [0.15, 0.2) is 5.89 Å². The zero-order valence-corrected chi connectivity index (χ0v) is 21.0. The molecule has 0 aromatic carbocycles. The lowest BCUT2D eigenvalue weighted by Crippen LogP contribution is -2.50. The third-order valence-electron chi connectivity index (χ3n) is 10.5. The van der Waals surface area contributed by atoms with E-state index in [1.807, 2.05) is 0 Å². The van der Waals surface area contributed by atoms with E-state index in [0.717, 1.165) is 48.9 Å². The molecule has 1 N–H and O–H groups in total. The summed E-state index contributed by atoms with van der Waals surface area (Å²) >= 11 is 0. The summed E-state index contributed by atoms with van der Waals surface area (Å²) < 4.78 is 10.8. The van der Waals surface area contributed by atoms with Crippen LogP contribution in [0.5, 0.6) is 0 Å². The Morgan fingerprint density at radius 3 is 2.73 bits per heavy atom. The number of aromatic nitrogens is 1. The Hall–Kier alpha value is -1.36. The van der Waals surface area contributed by atoms with Crippen molar-refractivity contribution in [2.24, 2.45) is 46.8 Å². The SMILES string of the molecule is CCOC(=O)c1cnc(C[C@@H](C)[C@H]2CC[C@H]3[C@@H]4CC[C@@H]5C[C@](C)(O)CC[C@@H]5[C@H]4CC[C@]23C)o1. The molecule has 4 aliphatic carbocycles. The van der Waals surface area contributed by atoms with Crippen LogP contribution in [0.4, 0.5) is 0 Å². The third-order valence-corrected chi connectivity index (χ3v) is 10.5. The van der Waals surface area contributed by atoms with Crippen molar-refractivity contribution in [2.45, 2.75) is 97.5 Å². The summed E-state index contributed by atoms with van der Waals surface area (Å²) in [5.41, 5.74) is -0.0256. The number of hydrogen-bond acceptors (Lipinski definition) is 5. The van der Waals surface area contributed by atoms with Crippen LogP contribution in [-0.4, -0.2) is 28.3 Å². The second-order valence-electron chi connectivity index (χ2n) is 12.4. The first-order chi connectivity index (χ1) is 15.7. The molecule has 9 atom stereocenters. The van der Waals surface area contributed by atoms with Crippen LogP contribution in [0.1, 0.15) is 102 Å². The van der Waals surface area contributed by atoms with Crippen molar-refractivity contribution in [3.05, 3.63) is 17.8 Å². The molecule has 0 amide bonds. The highest BCUT2D eigenvalue weighted by atomic mass is 16.5. The molecule has 33 heavy (non-hydrogen) atoms. The predicted molar refractivity (Wildman–Crippen MR) is 127 cm³/mol. The van der Waals surface area contributed by atoms with Gasteiger partial charge in [-0.1, -0.05) is 13.8 Å². The largest absolute Gasteiger partial charge is 0.460 e. The summed E-state index contributed by atoms with van der Waals surface area (Å²) in [6, 6.07) is 0. The summed E-state index contributed by atoms with van der Waals surface area (Å²) in [6.45, 7) is 9.14. The Labute approximate surface area is 199 Å². The van der Waals surface area contributed by atoms with Crippen molar-refractivity contribution in [1.82, 2.24) is 4.98 Å². The number of rotatable bonds is 5. The zero-order chi connectivity index (χ0) is 23.4. The van der Waals surface area contributed by atoms with E-state index >= 15 is 0 Å². The molecule has 1 aromatic heterocycles. The van der Waals surface area contributed by atoms with E-state index in [-0.39, 0.29) is 5.76 Å². The number of carbonyl (C=O) groups is 1. The van der Waals surface area contributed by atoms with Gasteiger partial charge in [0.1, 0.15) is 0 Å². The number of nitrogens with zero attached hydrogens (tertiary/aromatic N) is 1. The van der Waals surface area contributed by atoms with Gasteiger partial charge in [0.2, 0.25) is 5.76 Å². The van der Waals surface area contributed by atoms with Gasteiger partial charge < -0.3 is 14.3 Å². The summed E-state index contributed by atoms with van der Waals surface area (Å²) in [6.07, 6.45) is 13.6. The van der Waals surface area contributed by atoms with Crippen LogP contribution < -0.4 is 0 Å². The Balaban J connectivity index is 1.26. The third kappa shape index (κ3) is 4.17. The minimum Gasteiger partial charge on any atom is -0.460 e. The summed E-state index contributed by atoms with van der Waals surface area (Å²) in [5, 5.41) is 10.6. The van der Waals surface area contributed by atoms with Crippen LogP contribution in [0.25, 0.3) is 0 Å². The Morgan fingerprint density at radius 2 is 1.94 bits per heavy atom. The van der Waals surface area contributed by atoms with Gasteiger partial charge in [-0.2, -0.15) is 0 Å². The molecule has 184 valence electrons. The highest BCUT2D eigenvalue weighted by Gasteiger charge is 2.58. The van der Waals surface area contributed by atoms with Crippen molar-refractivity contribution >= 4 is 5.97 Å². The maximum absolute atomic E-state index is 11.9. The lowest BCUT2D eigenvalue weighted by atomic mass is 9.48. The topological polar surface area (TPSA) is 72.6 Å². The van der Waals surface area contributed by atoms with Gasteiger partial charge in [-0.3, -0.25) is 0 Å². The molecule has 0 spiro atoms. The van der Waals surface area contributed by atoms with Crippen LogP contribution in [0.2, 0.25) is 0 Å². The smallest absolute Gasteiger partial charge is 0.375 e. The summed E-state index contributed by atoms with van der Waals surface area (Å²) in [7, 11) is 0. The molecule has 5 heteroatoms. The van der Waals surface area contributed by atoms with Gasteiger partial charge in [0.05, 0.1) is 18.4 Å². The fourth-order valence-corrected chi connectivity index (χ4v) is 9.18. The van der Waals surface area contributed by atoms with E-state index in [9.17, 15) is 9.90 Å². The van der Waals surface area contributed by atoms with Crippen molar-refractivity contribution in [1.29, 1.82) is 0 Å². The van der Waals surface area contributed by atoms with Gasteiger partial charge in [0.25, 0.3) is 0 Å². The normalized spacial score (nSPS) is 43.3. The molecule has 0 unspecified atom stereocenters.